The molecule has 0 aliphatic carbocycles. The summed E-state index contributed by atoms with van der Waals surface area (Å²) in [6.07, 6.45) is -4.44. The summed E-state index contributed by atoms with van der Waals surface area (Å²) in [5, 5.41) is 0. The Balaban J connectivity index is 3.07. The van der Waals surface area contributed by atoms with E-state index in [1.807, 2.05) is 0 Å². The summed E-state index contributed by atoms with van der Waals surface area (Å²) in [6.45, 7) is 2.62. The Bertz CT molecular complexity index is 387. The van der Waals surface area contributed by atoms with Gasteiger partial charge in [0.05, 0.1) is 18.4 Å². The minimum Gasteiger partial charge on any atom is -0.466 e. The maximum absolute atomic E-state index is 12.8. The molecule has 0 bridgehead atoms. The Morgan fingerprint density at radius 2 is 1.83 bits per heavy atom. The number of carbonyl (C=O) groups is 1. The van der Waals surface area contributed by atoms with Gasteiger partial charge in [-0.2, -0.15) is 13.2 Å². The van der Waals surface area contributed by atoms with Crippen molar-refractivity contribution in [2.24, 2.45) is 5.92 Å². The number of carbonyl (C=O) groups excluding carboxylic acids is 1. The molecule has 0 fully saturated rings. The predicted octanol–water partition coefficient (Wildman–Crippen LogP) is 3.53. The van der Waals surface area contributed by atoms with Crippen molar-refractivity contribution in [2.75, 3.05) is 6.61 Å². The fraction of sp³-hybridized carbons (Fsp3) is 0.462. The van der Waals surface area contributed by atoms with Crippen LogP contribution in [-0.4, -0.2) is 18.8 Å². The Kier molecular flexibility index (Phi) is 4.76. The molecular formula is C13H15F3O2. The molecule has 0 amide bonds. The summed E-state index contributed by atoms with van der Waals surface area (Å²) >= 11 is 0. The first-order valence-electron chi connectivity index (χ1n) is 5.66. The van der Waals surface area contributed by atoms with E-state index in [2.05, 4.69) is 0 Å². The normalized spacial score (nSPS) is 14.9. The summed E-state index contributed by atoms with van der Waals surface area (Å²) < 4.78 is 43.1. The minimum absolute atomic E-state index is 0.0622. The van der Waals surface area contributed by atoms with Crippen LogP contribution in [0.1, 0.15) is 25.3 Å². The smallest absolute Gasteiger partial charge is 0.392 e. The van der Waals surface area contributed by atoms with E-state index < -0.39 is 24.0 Å². The van der Waals surface area contributed by atoms with Crippen LogP contribution in [-0.2, 0) is 9.53 Å². The van der Waals surface area contributed by atoms with Crippen LogP contribution in [0.25, 0.3) is 0 Å². The SMILES string of the molecule is CCOC(=O)C(c1ccccc1)C(C)C(F)(F)F. The predicted molar refractivity (Wildman–Crippen MR) is 61.0 cm³/mol. The molecule has 1 rings (SSSR count). The molecule has 0 aliphatic rings. The maximum atomic E-state index is 12.8. The fourth-order valence-electron chi connectivity index (χ4n) is 1.71. The minimum atomic E-state index is -4.44. The number of esters is 1. The van der Waals surface area contributed by atoms with Gasteiger partial charge in [-0.3, -0.25) is 4.79 Å². The third kappa shape index (κ3) is 3.48. The summed E-state index contributed by atoms with van der Waals surface area (Å²) in [4.78, 5) is 11.7. The first-order chi connectivity index (χ1) is 8.38. The molecule has 1 aromatic carbocycles. The highest BCUT2D eigenvalue weighted by Gasteiger charge is 2.45. The number of benzene rings is 1. The van der Waals surface area contributed by atoms with Gasteiger partial charge < -0.3 is 4.74 Å². The first kappa shape index (κ1) is 14.5. The summed E-state index contributed by atoms with van der Waals surface area (Å²) in [6, 6.07) is 7.90. The van der Waals surface area contributed by atoms with Gasteiger partial charge in [0.1, 0.15) is 0 Å². The zero-order chi connectivity index (χ0) is 13.8. The van der Waals surface area contributed by atoms with Gasteiger partial charge >= 0.3 is 12.1 Å². The number of halogens is 3. The van der Waals surface area contributed by atoms with Crippen LogP contribution >= 0.6 is 0 Å². The van der Waals surface area contributed by atoms with Crippen molar-refractivity contribution in [3.8, 4) is 0 Å². The molecule has 0 saturated heterocycles. The van der Waals surface area contributed by atoms with Gasteiger partial charge in [-0.1, -0.05) is 37.3 Å². The van der Waals surface area contributed by atoms with Crippen molar-refractivity contribution in [2.45, 2.75) is 25.9 Å². The third-order valence-corrected chi connectivity index (χ3v) is 2.72. The van der Waals surface area contributed by atoms with Crippen LogP contribution in [0.15, 0.2) is 30.3 Å². The van der Waals surface area contributed by atoms with Gasteiger partial charge in [0.2, 0.25) is 0 Å². The molecule has 100 valence electrons. The van der Waals surface area contributed by atoms with Crippen molar-refractivity contribution < 1.29 is 22.7 Å². The van der Waals surface area contributed by atoms with E-state index in [-0.39, 0.29) is 6.61 Å². The van der Waals surface area contributed by atoms with Crippen LogP contribution in [0.5, 0.6) is 0 Å². The van der Waals surface area contributed by atoms with E-state index >= 15 is 0 Å². The average molecular weight is 260 g/mol. The average Bonchev–Trinajstić information content (AvgIpc) is 2.29. The van der Waals surface area contributed by atoms with Crippen LogP contribution in [0, 0.1) is 5.92 Å². The second-order valence-corrected chi connectivity index (χ2v) is 3.97. The summed E-state index contributed by atoms with van der Waals surface area (Å²) in [5.74, 6) is -3.93. The monoisotopic (exact) mass is 260 g/mol. The van der Waals surface area contributed by atoms with Crippen LogP contribution in [0.3, 0.4) is 0 Å². The highest BCUT2D eigenvalue weighted by atomic mass is 19.4. The van der Waals surface area contributed by atoms with E-state index in [0.717, 1.165) is 6.92 Å². The lowest BCUT2D eigenvalue weighted by molar-refractivity contribution is -0.185. The molecule has 0 N–H and O–H groups in total. The van der Waals surface area contributed by atoms with E-state index in [1.54, 1.807) is 25.1 Å². The zero-order valence-electron chi connectivity index (χ0n) is 10.2. The Hall–Kier alpha value is -1.52. The molecule has 0 spiro atoms. The number of rotatable bonds is 4. The summed E-state index contributed by atoms with van der Waals surface area (Å²) in [7, 11) is 0. The summed E-state index contributed by atoms with van der Waals surface area (Å²) in [5.41, 5.74) is 0.320. The fourth-order valence-corrected chi connectivity index (χ4v) is 1.71. The lowest BCUT2D eigenvalue weighted by atomic mass is 9.87. The molecule has 2 atom stereocenters. The lowest BCUT2D eigenvalue weighted by Crippen LogP contribution is -2.32. The first-order valence-corrected chi connectivity index (χ1v) is 5.66. The van der Waals surface area contributed by atoms with Crippen molar-refractivity contribution in [1.82, 2.24) is 0 Å². The van der Waals surface area contributed by atoms with Gasteiger partial charge in [0, 0.05) is 0 Å². The molecule has 18 heavy (non-hydrogen) atoms. The van der Waals surface area contributed by atoms with E-state index in [4.69, 9.17) is 4.74 Å². The second-order valence-electron chi connectivity index (χ2n) is 3.97. The van der Waals surface area contributed by atoms with Crippen LogP contribution in [0.2, 0.25) is 0 Å². The van der Waals surface area contributed by atoms with E-state index in [0.29, 0.717) is 5.56 Å². The lowest BCUT2D eigenvalue weighted by Gasteiger charge is -2.24. The van der Waals surface area contributed by atoms with Gasteiger partial charge in [0.25, 0.3) is 0 Å². The Morgan fingerprint density at radius 1 is 1.28 bits per heavy atom. The molecule has 0 heterocycles. The maximum Gasteiger partial charge on any atom is 0.392 e. The molecule has 0 saturated carbocycles. The van der Waals surface area contributed by atoms with Crippen LogP contribution < -0.4 is 0 Å². The van der Waals surface area contributed by atoms with Crippen molar-refractivity contribution >= 4 is 5.97 Å². The van der Waals surface area contributed by atoms with Crippen molar-refractivity contribution in [3.63, 3.8) is 0 Å². The van der Waals surface area contributed by atoms with Gasteiger partial charge in [-0.25, -0.2) is 0 Å². The van der Waals surface area contributed by atoms with Crippen LogP contribution in [0.4, 0.5) is 13.2 Å². The van der Waals surface area contributed by atoms with Gasteiger partial charge in [-0.05, 0) is 12.5 Å². The topological polar surface area (TPSA) is 26.3 Å². The zero-order valence-corrected chi connectivity index (χ0v) is 10.2. The molecule has 5 heteroatoms. The van der Waals surface area contributed by atoms with E-state index in [1.165, 1.54) is 12.1 Å². The Morgan fingerprint density at radius 3 is 2.28 bits per heavy atom. The number of ether oxygens (including phenoxy) is 1. The van der Waals surface area contributed by atoms with Gasteiger partial charge in [-0.15, -0.1) is 0 Å². The molecule has 0 aliphatic heterocycles. The third-order valence-electron chi connectivity index (χ3n) is 2.72. The highest BCUT2D eigenvalue weighted by Crippen LogP contribution is 2.37. The number of alkyl halides is 3. The molecule has 2 nitrogen and oxygen atoms in total. The molecule has 0 aromatic heterocycles. The van der Waals surface area contributed by atoms with Gasteiger partial charge in [0.15, 0.2) is 0 Å². The Labute approximate surface area is 104 Å². The molecular weight excluding hydrogens is 245 g/mol. The molecule has 1 aromatic rings. The number of hydrogen-bond acceptors (Lipinski definition) is 2. The second kappa shape index (κ2) is 5.89. The molecule has 2 unspecified atom stereocenters. The van der Waals surface area contributed by atoms with E-state index in [9.17, 15) is 18.0 Å². The highest BCUT2D eigenvalue weighted by molar-refractivity contribution is 5.78. The number of hydrogen-bond donors (Lipinski definition) is 0. The molecule has 0 radical (unpaired) electrons. The quantitative estimate of drug-likeness (QED) is 0.774. The van der Waals surface area contributed by atoms with Crippen molar-refractivity contribution in [3.05, 3.63) is 35.9 Å². The van der Waals surface area contributed by atoms with Crippen molar-refractivity contribution in [1.29, 1.82) is 0 Å². The largest absolute Gasteiger partial charge is 0.466 e. The standard InChI is InChI=1S/C13H15F3O2/c1-3-18-12(17)11(9(2)13(14,15)16)10-7-5-4-6-8-10/h4-9,11H,3H2,1-2H3.